The van der Waals surface area contributed by atoms with Crippen molar-refractivity contribution in [1.82, 2.24) is 41.8 Å². The average molecular weight is 1950 g/mol. The molecule has 13 N–H and O–H groups in total. The van der Waals surface area contributed by atoms with Crippen molar-refractivity contribution in [1.29, 1.82) is 0 Å². The maximum atomic E-state index is 12.7. The van der Waals surface area contributed by atoms with E-state index in [2.05, 4.69) is 131 Å². The molecular formula is C114H160N8O19. The van der Waals surface area contributed by atoms with E-state index in [1.165, 1.54) is 24.5 Å². The maximum absolute atomic E-state index is 12.7. The molecule has 0 saturated carbocycles. The van der Waals surface area contributed by atoms with Crippen molar-refractivity contribution in [2.45, 2.75) is 331 Å². The zero-order valence-corrected chi connectivity index (χ0v) is 88.1. The molecule has 0 spiro atoms. The lowest BCUT2D eigenvalue weighted by atomic mass is 9.78. The van der Waals surface area contributed by atoms with Crippen LogP contribution in [0.4, 0.5) is 0 Å². The highest BCUT2D eigenvalue weighted by molar-refractivity contribution is 6.35. The van der Waals surface area contributed by atoms with Crippen molar-refractivity contribution in [3.8, 4) is 40.2 Å². The number of phenols is 7. The molecule has 0 aliphatic carbocycles. The van der Waals surface area contributed by atoms with E-state index in [1.54, 1.807) is 48.5 Å². The Kier molecular flexibility index (Phi) is 45.3. The van der Waals surface area contributed by atoms with Crippen LogP contribution in [-0.4, -0.2) is 156 Å². The number of rotatable bonds is 41. The number of aromatic hydroxyl groups is 7. The fourth-order valence-electron chi connectivity index (χ4n) is 15.4. The molecule has 141 heavy (non-hydrogen) atoms. The van der Waals surface area contributed by atoms with Gasteiger partial charge in [-0.3, -0.25) is 53.0 Å². The number of aromatic nitrogens is 3. The van der Waals surface area contributed by atoms with Crippen molar-refractivity contribution in [3.63, 3.8) is 0 Å². The van der Waals surface area contributed by atoms with Crippen LogP contribution in [-0.2, 0) is 123 Å². The molecule has 1 aromatic heterocycles. The first-order chi connectivity index (χ1) is 65.5. The number of amides is 4. The average Bonchev–Trinajstić information content (AvgIpc) is 1.27. The first kappa shape index (κ1) is 119. The third-order valence-corrected chi connectivity index (χ3v) is 23.7. The molecule has 0 aliphatic rings. The van der Waals surface area contributed by atoms with Gasteiger partial charge < -0.3 is 71.8 Å². The number of ketones is 4. The van der Waals surface area contributed by atoms with E-state index in [0.29, 0.717) is 79.1 Å². The summed E-state index contributed by atoms with van der Waals surface area (Å²) in [5.74, 6) is -1.60. The van der Waals surface area contributed by atoms with Gasteiger partial charge in [-0.2, -0.15) is 5.10 Å². The Balaban J connectivity index is 0.000000349. The van der Waals surface area contributed by atoms with Gasteiger partial charge in [0.2, 0.25) is 11.8 Å². The van der Waals surface area contributed by atoms with Crippen LogP contribution in [0.3, 0.4) is 0 Å². The van der Waals surface area contributed by atoms with Crippen LogP contribution in [0.25, 0.3) is 5.70 Å². The molecule has 0 radical (unpaired) electrons. The largest absolute Gasteiger partial charge is 0.507 e. The number of unbranched alkanes of at least 4 members (excludes halogenated alkanes) is 7. The Bertz CT molecular complexity index is 5120. The summed E-state index contributed by atoms with van der Waals surface area (Å²) in [6.07, 6.45) is 13.1. The first-order valence-corrected chi connectivity index (χ1v) is 49.1. The molecule has 0 unspecified atom stereocenters. The summed E-state index contributed by atoms with van der Waals surface area (Å²) in [6.45, 7) is 53.0. The number of hydrogen-bond donors (Lipinski definition) is 13. The zero-order chi connectivity index (χ0) is 106. The molecule has 0 saturated heterocycles. The third kappa shape index (κ3) is 40.8. The predicted molar refractivity (Wildman–Crippen MR) is 556 cm³/mol. The SMILES string of the molecule is C=C(NCC(=O)CCCCCCCCCCC(=O)NCC(=O)c1ccccc1O)c1ccccc1O.CC(C)(C)c1cc(CCC(=O)CNC(=O)CCc2cc(C(C)(C)C)c(O)c(C(C)(C)C)c2)cc(C(C)(C)C)c1O.CC(C)(C)c1cc(CCC(=O)OCCNC(=O)C(=O)NCCOC(=O)CCc2cc(C(C)(C)C)c(O)c(C(C)(C)C)c2)cc(C(C)(C)C)c1O.O=C(Cc1ncn[nH]1)c1ccccc1O. The van der Waals surface area contributed by atoms with Crippen LogP contribution < -0.4 is 26.6 Å². The van der Waals surface area contributed by atoms with E-state index in [1.807, 2.05) is 138 Å². The van der Waals surface area contributed by atoms with Gasteiger partial charge >= 0.3 is 23.8 Å². The van der Waals surface area contributed by atoms with E-state index in [4.69, 9.17) is 9.47 Å². The summed E-state index contributed by atoms with van der Waals surface area (Å²) in [6, 6.07) is 35.4. The monoisotopic (exact) mass is 1950 g/mol. The highest BCUT2D eigenvalue weighted by Crippen LogP contribution is 2.45. The summed E-state index contributed by atoms with van der Waals surface area (Å²) in [7, 11) is 0. The van der Waals surface area contributed by atoms with Crippen LogP contribution in [0.2, 0.25) is 0 Å². The summed E-state index contributed by atoms with van der Waals surface area (Å²) >= 11 is 0. The number of benzene rings is 7. The minimum atomic E-state index is -0.891. The molecule has 0 fully saturated rings. The van der Waals surface area contributed by atoms with Crippen LogP contribution in [0, 0.1) is 0 Å². The molecule has 27 nitrogen and oxygen atoms in total. The Morgan fingerprint density at radius 3 is 0.943 bits per heavy atom. The van der Waals surface area contributed by atoms with Crippen LogP contribution in [0.15, 0.2) is 134 Å². The number of aromatic amines is 1. The number of Topliss-reactive ketones (excluding diaryl/α,β-unsaturated/α-hetero) is 4. The highest BCUT2D eigenvalue weighted by atomic mass is 16.5. The van der Waals surface area contributed by atoms with Crippen LogP contribution >= 0.6 is 0 Å². The smallest absolute Gasteiger partial charge is 0.309 e. The van der Waals surface area contributed by atoms with Gasteiger partial charge in [0.15, 0.2) is 23.1 Å². The number of hydrogen-bond acceptors (Lipinski definition) is 22. The number of phenolic OH excluding ortho intramolecular Hbond substituents is 7. The lowest BCUT2D eigenvalue weighted by molar-refractivity contribution is -0.145. The van der Waals surface area contributed by atoms with Crippen molar-refractivity contribution >= 4 is 64.4 Å². The van der Waals surface area contributed by atoms with Crippen molar-refractivity contribution in [2.75, 3.05) is 45.9 Å². The Morgan fingerprint density at radius 1 is 0.326 bits per heavy atom. The second-order valence-electron chi connectivity index (χ2n) is 44.4. The number of para-hydroxylation sites is 3. The molecule has 0 bridgehead atoms. The molecular weight excluding hydrogens is 1790 g/mol. The number of esters is 2. The van der Waals surface area contributed by atoms with Gasteiger partial charge in [-0.1, -0.05) is 296 Å². The molecule has 0 aliphatic heterocycles. The van der Waals surface area contributed by atoms with Gasteiger partial charge in [-0.15, -0.1) is 0 Å². The number of carbonyl (C=O) groups is 10. The maximum Gasteiger partial charge on any atom is 0.309 e. The summed E-state index contributed by atoms with van der Waals surface area (Å²) in [5.41, 5.74) is 10.3. The van der Waals surface area contributed by atoms with Gasteiger partial charge in [0.05, 0.1) is 50.3 Å². The summed E-state index contributed by atoms with van der Waals surface area (Å²) < 4.78 is 10.5. The van der Waals surface area contributed by atoms with Crippen molar-refractivity contribution in [3.05, 3.63) is 224 Å². The van der Waals surface area contributed by atoms with Gasteiger partial charge in [0.1, 0.15) is 65.6 Å². The number of carbonyl (C=O) groups excluding carboxylic acids is 10. The van der Waals surface area contributed by atoms with E-state index in [0.717, 1.165) is 118 Å². The number of H-pyrrole nitrogens is 1. The number of aryl methyl sites for hydroxylation is 4. The van der Waals surface area contributed by atoms with Crippen LogP contribution in [0.5, 0.6) is 40.2 Å². The van der Waals surface area contributed by atoms with Crippen molar-refractivity contribution < 1.29 is 93.2 Å². The van der Waals surface area contributed by atoms with E-state index in [9.17, 15) is 83.7 Å². The lowest BCUT2D eigenvalue weighted by Gasteiger charge is -2.28. The molecule has 1 heterocycles. The zero-order valence-electron chi connectivity index (χ0n) is 88.1. The molecule has 770 valence electrons. The van der Waals surface area contributed by atoms with E-state index in [-0.39, 0.29) is 184 Å². The highest BCUT2D eigenvalue weighted by Gasteiger charge is 2.33. The Morgan fingerprint density at radius 2 is 0.610 bits per heavy atom. The Hall–Kier alpha value is -12.7. The van der Waals surface area contributed by atoms with Gasteiger partial charge in [-0.25, -0.2) is 4.98 Å². The normalized spacial score (nSPS) is 11.8. The van der Waals surface area contributed by atoms with Crippen molar-refractivity contribution in [2.24, 2.45) is 0 Å². The minimum absolute atomic E-state index is 0.00519. The second-order valence-corrected chi connectivity index (χ2v) is 44.4. The molecule has 8 rings (SSSR count). The van der Waals surface area contributed by atoms with Gasteiger partial charge in [0.25, 0.3) is 0 Å². The third-order valence-electron chi connectivity index (χ3n) is 23.7. The molecule has 7 aromatic carbocycles. The van der Waals surface area contributed by atoms with E-state index < -0.39 is 23.8 Å². The second kappa shape index (κ2) is 53.8. The fourth-order valence-corrected chi connectivity index (χ4v) is 15.4. The summed E-state index contributed by atoms with van der Waals surface area (Å²) in [4.78, 5) is 126. The summed E-state index contributed by atoms with van der Waals surface area (Å²) in [5, 5.41) is 92.1. The number of nitrogens with zero attached hydrogens (tertiary/aromatic N) is 2. The molecule has 4 amide bonds. The lowest BCUT2D eigenvalue weighted by Crippen LogP contribution is -2.42. The quantitative estimate of drug-likeness (QED) is 0.00732. The van der Waals surface area contributed by atoms with Gasteiger partial charge in [-0.05, 0) is 185 Å². The standard InChI is InChI=1S/C40H60N2O8.C35H53NO4.C29H38N2O5.C10H9N3O2/c1-37(2,3)27-21-25(22-28(33(27)45)38(4,5)6)13-15-31(43)49-19-17-41-35(47)36(48)42-18-20-50-32(44)16-14-26-23-29(39(7,8)9)34(46)30(24-26)40(10,11)12;1-32(2,3)25-17-22(18-26(30(25)39)33(4,5)6)13-15-24(37)21-36-29(38)16-14-23-19-27(34(7,8)9)31(40)28(20-23)35(10,11)12;1-22(24-15-10-12-17-26(24)33)30-20-23(32)14-8-6-4-2-3-5-7-9-19-29(36)31-21-28(35)25-16-11-13-18-27(25)34;14-8-4-2-1-3-7(8)9(15)5-10-11-6-12-13-10/h21-24,45-46H,13-20H2,1-12H3,(H,41,47)(H,42,48);17-20,39-40H,13-16,21H2,1-12H3,(H,36,38);10-13,15-18,30,33-34H,1-9,14,19-21H2,(H,31,36);1-4,6,14H,5H2,(H,11,12,13). The minimum Gasteiger partial charge on any atom is -0.507 e. The predicted octanol–water partition coefficient (Wildman–Crippen LogP) is 19.8. The Labute approximate surface area is 835 Å². The molecule has 0 atom stereocenters. The number of ether oxygens (including phenoxy) is 2. The molecule has 8 aromatic rings. The topological polar surface area (TPSA) is 432 Å². The van der Waals surface area contributed by atoms with E-state index >= 15 is 0 Å². The first-order valence-electron chi connectivity index (χ1n) is 49.1. The van der Waals surface area contributed by atoms with Gasteiger partial charge in [0, 0.05) is 49.8 Å². The fraction of sp³-hybridized carbons (Fsp3) is 0.509. The number of nitrogens with one attached hydrogen (secondary N) is 6. The van der Waals surface area contributed by atoms with Crippen LogP contribution in [0.1, 0.15) is 355 Å². The molecule has 27 heteroatoms.